The number of likely N-dealkylation sites (tertiary alicyclic amines) is 1. The Kier molecular flexibility index (Phi) is 2.69. The van der Waals surface area contributed by atoms with Gasteiger partial charge in [-0.05, 0) is 31.8 Å². The zero-order chi connectivity index (χ0) is 11.0. The third kappa shape index (κ3) is 1.87. The van der Waals surface area contributed by atoms with Gasteiger partial charge in [-0.15, -0.1) is 0 Å². The van der Waals surface area contributed by atoms with E-state index in [1.165, 1.54) is 31.7 Å². The van der Waals surface area contributed by atoms with Crippen LogP contribution in [0.15, 0.2) is 12.4 Å². The van der Waals surface area contributed by atoms with E-state index in [2.05, 4.69) is 28.4 Å². The van der Waals surface area contributed by atoms with Gasteiger partial charge in [-0.2, -0.15) is 5.10 Å². The number of rotatable bonds is 3. The minimum atomic E-state index is 0.890. The Morgan fingerprint density at radius 2 is 2.12 bits per heavy atom. The van der Waals surface area contributed by atoms with E-state index in [-0.39, 0.29) is 0 Å². The van der Waals surface area contributed by atoms with Crippen LogP contribution in [0.2, 0.25) is 0 Å². The zero-order valence-electron chi connectivity index (χ0n) is 9.89. The topological polar surface area (TPSA) is 33.1 Å². The average molecular weight is 220 g/mol. The summed E-state index contributed by atoms with van der Waals surface area (Å²) in [6.45, 7) is 9.12. The molecule has 0 aliphatic carbocycles. The van der Waals surface area contributed by atoms with Gasteiger partial charge in [0.1, 0.15) is 0 Å². The SMILES string of the molecule is CCn1cc(CN2C[C@H]3CNC[C@H]3C2)cn1. The maximum absolute atomic E-state index is 4.33. The van der Waals surface area contributed by atoms with Crippen LogP contribution >= 0.6 is 0 Å². The van der Waals surface area contributed by atoms with Crippen molar-refractivity contribution < 1.29 is 0 Å². The van der Waals surface area contributed by atoms with Gasteiger partial charge in [0.25, 0.3) is 0 Å². The normalized spacial score (nSPS) is 29.8. The summed E-state index contributed by atoms with van der Waals surface area (Å²) in [7, 11) is 0. The van der Waals surface area contributed by atoms with Gasteiger partial charge in [-0.25, -0.2) is 0 Å². The van der Waals surface area contributed by atoms with E-state index in [1.807, 2.05) is 10.9 Å². The van der Waals surface area contributed by atoms with Crippen LogP contribution in [-0.4, -0.2) is 40.9 Å². The highest BCUT2D eigenvalue weighted by Crippen LogP contribution is 2.27. The lowest BCUT2D eigenvalue weighted by Gasteiger charge is -2.15. The molecule has 2 aliphatic heterocycles. The molecular formula is C12H20N4. The number of aryl methyl sites for hydroxylation is 1. The highest BCUT2D eigenvalue weighted by atomic mass is 15.3. The molecule has 0 amide bonds. The molecule has 1 aromatic heterocycles. The maximum Gasteiger partial charge on any atom is 0.0534 e. The number of hydrogen-bond acceptors (Lipinski definition) is 3. The van der Waals surface area contributed by atoms with Crippen LogP contribution in [0.1, 0.15) is 12.5 Å². The summed E-state index contributed by atoms with van der Waals surface area (Å²) in [5.74, 6) is 1.78. The molecule has 0 radical (unpaired) electrons. The number of nitrogens with zero attached hydrogens (tertiary/aromatic N) is 3. The Morgan fingerprint density at radius 3 is 2.75 bits per heavy atom. The predicted octanol–water partition coefficient (Wildman–Crippen LogP) is 0.554. The van der Waals surface area contributed by atoms with E-state index >= 15 is 0 Å². The minimum absolute atomic E-state index is 0.890. The van der Waals surface area contributed by atoms with Gasteiger partial charge >= 0.3 is 0 Å². The Balaban J connectivity index is 1.59. The van der Waals surface area contributed by atoms with Crippen molar-refractivity contribution in [2.45, 2.75) is 20.0 Å². The van der Waals surface area contributed by atoms with Gasteiger partial charge in [0.05, 0.1) is 6.20 Å². The first-order valence-corrected chi connectivity index (χ1v) is 6.29. The molecule has 2 saturated heterocycles. The van der Waals surface area contributed by atoms with E-state index in [0.29, 0.717) is 0 Å². The molecule has 2 aliphatic rings. The quantitative estimate of drug-likeness (QED) is 0.808. The summed E-state index contributed by atoms with van der Waals surface area (Å²) in [4.78, 5) is 2.58. The number of aromatic nitrogens is 2. The smallest absolute Gasteiger partial charge is 0.0534 e. The maximum atomic E-state index is 4.33. The van der Waals surface area contributed by atoms with Crippen LogP contribution in [0.3, 0.4) is 0 Å². The molecule has 16 heavy (non-hydrogen) atoms. The highest BCUT2D eigenvalue weighted by Gasteiger charge is 2.35. The highest BCUT2D eigenvalue weighted by molar-refractivity contribution is 5.05. The molecule has 0 unspecified atom stereocenters. The largest absolute Gasteiger partial charge is 0.316 e. The van der Waals surface area contributed by atoms with Crippen molar-refractivity contribution in [2.75, 3.05) is 26.2 Å². The number of hydrogen-bond donors (Lipinski definition) is 1. The molecule has 0 spiro atoms. The summed E-state index contributed by atoms with van der Waals surface area (Å²) in [5.41, 5.74) is 1.36. The van der Waals surface area contributed by atoms with Crippen molar-refractivity contribution in [3.8, 4) is 0 Å². The second-order valence-corrected chi connectivity index (χ2v) is 5.08. The van der Waals surface area contributed by atoms with Crippen LogP contribution in [0, 0.1) is 11.8 Å². The predicted molar refractivity (Wildman–Crippen MR) is 63.0 cm³/mol. The van der Waals surface area contributed by atoms with E-state index in [1.54, 1.807) is 0 Å². The molecular weight excluding hydrogens is 200 g/mol. The van der Waals surface area contributed by atoms with Crippen molar-refractivity contribution in [1.29, 1.82) is 0 Å². The average Bonchev–Trinajstić information content (AvgIpc) is 2.92. The van der Waals surface area contributed by atoms with Crippen LogP contribution in [0.5, 0.6) is 0 Å². The monoisotopic (exact) mass is 220 g/mol. The van der Waals surface area contributed by atoms with Crippen molar-refractivity contribution in [2.24, 2.45) is 11.8 Å². The molecule has 88 valence electrons. The second kappa shape index (κ2) is 4.18. The summed E-state index contributed by atoms with van der Waals surface area (Å²) in [6, 6.07) is 0. The van der Waals surface area contributed by atoms with Gasteiger partial charge in [0, 0.05) is 37.9 Å². The Bertz CT molecular complexity index is 348. The fourth-order valence-electron chi connectivity index (χ4n) is 3.00. The van der Waals surface area contributed by atoms with Crippen LogP contribution < -0.4 is 5.32 Å². The van der Waals surface area contributed by atoms with Gasteiger partial charge in [0.15, 0.2) is 0 Å². The lowest BCUT2D eigenvalue weighted by atomic mass is 10.0. The van der Waals surface area contributed by atoms with Gasteiger partial charge in [-0.3, -0.25) is 9.58 Å². The van der Waals surface area contributed by atoms with Gasteiger partial charge < -0.3 is 5.32 Å². The van der Waals surface area contributed by atoms with Gasteiger partial charge in [0.2, 0.25) is 0 Å². The molecule has 0 saturated carbocycles. The van der Waals surface area contributed by atoms with E-state index < -0.39 is 0 Å². The lowest BCUT2D eigenvalue weighted by molar-refractivity contribution is 0.305. The molecule has 2 atom stereocenters. The number of nitrogens with one attached hydrogen (secondary N) is 1. The summed E-state index contributed by atoms with van der Waals surface area (Å²) < 4.78 is 2.01. The van der Waals surface area contributed by atoms with E-state index in [9.17, 15) is 0 Å². The van der Waals surface area contributed by atoms with Crippen LogP contribution in [0.4, 0.5) is 0 Å². The Hall–Kier alpha value is -0.870. The lowest BCUT2D eigenvalue weighted by Crippen LogP contribution is -2.25. The molecule has 3 heterocycles. The van der Waals surface area contributed by atoms with Crippen molar-refractivity contribution in [3.63, 3.8) is 0 Å². The first-order valence-electron chi connectivity index (χ1n) is 6.29. The number of fused-ring (bicyclic) bond motifs is 1. The third-order valence-electron chi connectivity index (χ3n) is 3.88. The standard InChI is InChI=1S/C12H20N4/c1-2-16-7-10(3-14-16)6-15-8-11-4-13-5-12(11)9-15/h3,7,11-13H,2,4-6,8-9H2,1H3/t11-,12+. The first-order chi connectivity index (χ1) is 7.85. The summed E-state index contributed by atoms with van der Waals surface area (Å²) in [6.07, 6.45) is 4.18. The molecule has 4 nitrogen and oxygen atoms in total. The summed E-state index contributed by atoms with van der Waals surface area (Å²) in [5, 5.41) is 7.81. The fraction of sp³-hybridized carbons (Fsp3) is 0.750. The molecule has 0 aromatic carbocycles. The van der Waals surface area contributed by atoms with E-state index in [4.69, 9.17) is 0 Å². The van der Waals surface area contributed by atoms with Crippen molar-refractivity contribution in [1.82, 2.24) is 20.0 Å². The van der Waals surface area contributed by atoms with Crippen LogP contribution in [-0.2, 0) is 13.1 Å². The minimum Gasteiger partial charge on any atom is -0.316 e. The molecule has 3 rings (SSSR count). The van der Waals surface area contributed by atoms with Gasteiger partial charge in [-0.1, -0.05) is 0 Å². The van der Waals surface area contributed by atoms with Crippen molar-refractivity contribution >= 4 is 0 Å². The molecule has 4 heteroatoms. The molecule has 1 aromatic rings. The Morgan fingerprint density at radius 1 is 1.38 bits per heavy atom. The summed E-state index contributed by atoms with van der Waals surface area (Å²) >= 11 is 0. The first kappa shape index (κ1) is 10.3. The Labute approximate surface area is 96.6 Å². The molecule has 0 bridgehead atoms. The van der Waals surface area contributed by atoms with Crippen molar-refractivity contribution in [3.05, 3.63) is 18.0 Å². The van der Waals surface area contributed by atoms with E-state index in [0.717, 1.165) is 24.9 Å². The van der Waals surface area contributed by atoms with Crippen LogP contribution in [0.25, 0.3) is 0 Å². The molecule has 1 N–H and O–H groups in total. The zero-order valence-corrected chi connectivity index (χ0v) is 9.89. The molecule has 2 fully saturated rings. The fourth-order valence-corrected chi connectivity index (χ4v) is 3.00. The second-order valence-electron chi connectivity index (χ2n) is 5.08. The third-order valence-corrected chi connectivity index (χ3v) is 3.88.